The van der Waals surface area contributed by atoms with E-state index in [0.717, 1.165) is 0 Å². The minimum absolute atomic E-state index is 0.0277. The highest BCUT2D eigenvalue weighted by atomic mass is 16.5. The minimum Gasteiger partial charge on any atom is -0.481 e. The molecule has 1 unspecified atom stereocenters. The van der Waals surface area contributed by atoms with Gasteiger partial charge in [0.1, 0.15) is 11.8 Å². The molecule has 0 bridgehead atoms. The van der Waals surface area contributed by atoms with Crippen LogP contribution in [0.25, 0.3) is 0 Å². The largest absolute Gasteiger partial charge is 0.481 e. The van der Waals surface area contributed by atoms with Gasteiger partial charge in [-0.2, -0.15) is 0 Å². The molecule has 19 heavy (non-hydrogen) atoms. The third-order valence-corrected chi connectivity index (χ3v) is 2.38. The van der Waals surface area contributed by atoms with Crippen molar-refractivity contribution >= 4 is 12.0 Å². The first-order valence-electron chi connectivity index (χ1n) is 5.92. The Morgan fingerprint density at radius 2 is 2.32 bits per heavy atom. The van der Waals surface area contributed by atoms with Crippen LogP contribution < -0.4 is 10.6 Å². The fraction of sp³-hybridized carbons (Fsp3) is 0.500. The van der Waals surface area contributed by atoms with Crippen LogP contribution in [0, 0.1) is 0 Å². The zero-order valence-corrected chi connectivity index (χ0v) is 10.7. The molecule has 7 heteroatoms. The van der Waals surface area contributed by atoms with E-state index >= 15 is 0 Å². The zero-order chi connectivity index (χ0) is 14.1. The minimum atomic E-state index is -0.880. The van der Waals surface area contributed by atoms with Crippen LogP contribution in [0.1, 0.15) is 24.6 Å². The predicted octanol–water partition coefficient (Wildman–Crippen LogP) is 1.13. The zero-order valence-electron chi connectivity index (χ0n) is 10.7. The van der Waals surface area contributed by atoms with Gasteiger partial charge in [0.05, 0.1) is 12.9 Å². The van der Waals surface area contributed by atoms with Crippen molar-refractivity contribution in [3.63, 3.8) is 0 Å². The van der Waals surface area contributed by atoms with E-state index in [0.29, 0.717) is 18.7 Å². The number of urea groups is 1. The molecule has 0 saturated carbocycles. The van der Waals surface area contributed by atoms with E-state index in [1.807, 2.05) is 0 Å². The van der Waals surface area contributed by atoms with Crippen molar-refractivity contribution in [3.8, 4) is 0 Å². The lowest BCUT2D eigenvalue weighted by Crippen LogP contribution is -2.39. The summed E-state index contributed by atoms with van der Waals surface area (Å²) in [6.07, 6.45) is 1.93. The smallest absolute Gasteiger partial charge is 0.315 e. The highest BCUT2D eigenvalue weighted by Gasteiger charge is 2.16. The first kappa shape index (κ1) is 15.0. The van der Waals surface area contributed by atoms with E-state index < -0.39 is 5.97 Å². The van der Waals surface area contributed by atoms with Gasteiger partial charge in [-0.1, -0.05) is 0 Å². The average molecular weight is 270 g/mol. The Kier molecular flexibility index (Phi) is 6.45. The Balaban J connectivity index is 2.33. The standard InChI is InChI=1S/C12H18N2O5/c1-18-8-9(10-4-3-7-19-10)14-12(17)13-6-2-5-11(15)16/h3-4,7,9H,2,5-6,8H2,1H3,(H,15,16)(H2,13,14,17). The van der Waals surface area contributed by atoms with Crippen molar-refractivity contribution in [1.29, 1.82) is 0 Å². The second-order valence-electron chi connectivity index (χ2n) is 3.92. The molecular formula is C12H18N2O5. The summed E-state index contributed by atoms with van der Waals surface area (Å²) in [4.78, 5) is 21.9. The third kappa shape index (κ3) is 5.91. The lowest BCUT2D eigenvalue weighted by Gasteiger charge is -2.16. The Hall–Kier alpha value is -2.02. The number of hydrogen-bond donors (Lipinski definition) is 3. The highest BCUT2D eigenvalue weighted by molar-refractivity contribution is 5.74. The predicted molar refractivity (Wildman–Crippen MR) is 66.7 cm³/mol. The maximum atomic E-state index is 11.6. The molecule has 1 aromatic rings. The normalized spacial score (nSPS) is 11.8. The number of hydrogen-bond acceptors (Lipinski definition) is 4. The second kappa shape index (κ2) is 8.15. The fourth-order valence-corrected chi connectivity index (χ4v) is 1.50. The average Bonchev–Trinajstić information content (AvgIpc) is 2.87. The van der Waals surface area contributed by atoms with Crippen LogP contribution in [0.15, 0.2) is 22.8 Å². The van der Waals surface area contributed by atoms with Crippen LogP contribution in [0.2, 0.25) is 0 Å². The number of furan rings is 1. The molecule has 1 aromatic heterocycles. The number of rotatable bonds is 8. The van der Waals surface area contributed by atoms with Crippen molar-refractivity contribution in [2.24, 2.45) is 0 Å². The Labute approximate surface area is 110 Å². The van der Waals surface area contributed by atoms with Crippen molar-refractivity contribution in [3.05, 3.63) is 24.2 Å². The van der Waals surface area contributed by atoms with E-state index in [1.54, 1.807) is 12.1 Å². The van der Waals surface area contributed by atoms with E-state index in [2.05, 4.69) is 10.6 Å². The quantitative estimate of drug-likeness (QED) is 0.615. The molecule has 106 valence electrons. The number of carboxylic acids is 1. The summed E-state index contributed by atoms with van der Waals surface area (Å²) in [5.41, 5.74) is 0. The van der Waals surface area contributed by atoms with Gasteiger partial charge >= 0.3 is 12.0 Å². The lowest BCUT2D eigenvalue weighted by molar-refractivity contribution is -0.137. The van der Waals surface area contributed by atoms with Crippen LogP contribution >= 0.6 is 0 Å². The molecule has 1 rings (SSSR count). The van der Waals surface area contributed by atoms with Crippen molar-refractivity contribution in [1.82, 2.24) is 10.6 Å². The number of carboxylic acid groups (broad SMARTS) is 1. The maximum Gasteiger partial charge on any atom is 0.315 e. The molecule has 2 amide bonds. The van der Waals surface area contributed by atoms with Crippen molar-refractivity contribution in [2.45, 2.75) is 18.9 Å². The van der Waals surface area contributed by atoms with E-state index in [4.69, 9.17) is 14.3 Å². The summed E-state index contributed by atoms with van der Waals surface area (Å²) in [5.74, 6) is -0.280. The number of carbonyl (C=O) groups is 2. The molecular weight excluding hydrogens is 252 g/mol. The number of nitrogens with one attached hydrogen (secondary N) is 2. The van der Waals surface area contributed by atoms with Crippen LogP contribution in [0.3, 0.4) is 0 Å². The molecule has 0 aliphatic carbocycles. The Bertz CT molecular complexity index is 391. The van der Waals surface area contributed by atoms with E-state index in [-0.39, 0.29) is 25.1 Å². The molecule has 0 aromatic carbocycles. The molecule has 0 saturated heterocycles. The summed E-state index contributed by atoms with van der Waals surface area (Å²) in [7, 11) is 1.53. The van der Waals surface area contributed by atoms with Crippen molar-refractivity contribution in [2.75, 3.05) is 20.3 Å². The number of carbonyl (C=O) groups excluding carboxylic acids is 1. The summed E-state index contributed by atoms with van der Waals surface area (Å²) >= 11 is 0. The summed E-state index contributed by atoms with van der Waals surface area (Å²) < 4.78 is 10.2. The topological polar surface area (TPSA) is 101 Å². The molecule has 0 fully saturated rings. The summed E-state index contributed by atoms with van der Waals surface area (Å²) in [6, 6.07) is 2.71. The fourth-order valence-electron chi connectivity index (χ4n) is 1.50. The third-order valence-electron chi connectivity index (χ3n) is 2.38. The van der Waals surface area contributed by atoms with Gasteiger partial charge in [-0.05, 0) is 18.6 Å². The molecule has 0 aliphatic rings. The van der Waals surface area contributed by atoms with Gasteiger partial charge in [0.25, 0.3) is 0 Å². The van der Waals surface area contributed by atoms with Gasteiger partial charge in [-0.25, -0.2) is 4.79 Å². The van der Waals surface area contributed by atoms with Gasteiger partial charge in [0.15, 0.2) is 0 Å². The van der Waals surface area contributed by atoms with Gasteiger partial charge in [-0.3, -0.25) is 4.79 Å². The Morgan fingerprint density at radius 3 is 2.89 bits per heavy atom. The van der Waals surface area contributed by atoms with Gasteiger partial charge in [0, 0.05) is 20.1 Å². The SMILES string of the molecule is COCC(NC(=O)NCCCC(=O)O)c1ccco1. The van der Waals surface area contributed by atoms with Crippen LogP contribution in [0.5, 0.6) is 0 Å². The number of ether oxygens (including phenoxy) is 1. The summed E-state index contributed by atoms with van der Waals surface area (Å²) in [5, 5.41) is 13.7. The molecule has 0 spiro atoms. The van der Waals surface area contributed by atoms with Gasteiger partial charge in [-0.15, -0.1) is 0 Å². The molecule has 1 heterocycles. The monoisotopic (exact) mass is 270 g/mol. The second-order valence-corrected chi connectivity index (χ2v) is 3.92. The highest BCUT2D eigenvalue weighted by Crippen LogP contribution is 2.13. The van der Waals surface area contributed by atoms with E-state index in [9.17, 15) is 9.59 Å². The molecule has 0 aliphatic heterocycles. The molecule has 1 atom stereocenters. The van der Waals surface area contributed by atoms with Crippen LogP contribution in [-0.2, 0) is 9.53 Å². The van der Waals surface area contributed by atoms with Crippen molar-refractivity contribution < 1.29 is 23.8 Å². The maximum absolute atomic E-state index is 11.6. The molecule has 3 N–H and O–H groups in total. The molecule has 0 radical (unpaired) electrons. The summed E-state index contributed by atoms with van der Waals surface area (Å²) in [6.45, 7) is 0.589. The first-order chi connectivity index (χ1) is 9.13. The van der Waals surface area contributed by atoms with Gasteiger partial charge in [0.2, 0.25) is 0 Å². The first-order valence-corrected chi connectivity index (χ1v) is 5.92. The lowest BCUT2D eigenvalue weighted by atomic mass is 10.2. The van der Waals surface area contributed by atoms with Crippen LogP contribution in [0.4, 0.5) is 4.79 Å². The number of methoxy groups -OCH3 is 1. The number of amides is 2. The van der Waals surface area contributed by atoms with Crippen LogP contribution in [-0.4, -0.2) is 37.4 Å². The van der Waals surface area contributed by atoms with E-state index in [1.165, 1.54) is 13.4 Å². The number of aliphatic carboxylic acids is 1. The van der Waals surface area contributed by atoms with Gasteiger partial charge < -0.3 is 24.9 Å². The molecule has 7 nitrogen and oxygen atoms in total. The Morgan fingerprint density at radius 1 is 1.53 bits per heavy atom.